The van der Waals surface area contributed by atoms with Gasteiger partial charge >= 0.3 is 0 Å². The third-order valence-corrected chi connectivity index (χ3v) is 5.41. The first-order valence-electron chi connectivity index (χ1n) is 8.39. The number of benzene rings is 1. The lowest BCUT2D eigenvalue weighted by Gasteiger charge is -2.36. The second kappa shape index (κ2) is 5.43. The van der Waals surface area contributed by atoms with E-state index in [9.17, 15) is 4.79 Å². The summed E-state index contributed by atoms with van der Waals surface area (Å²) in [6.07, 6.45) is 7.08. The van der Waals surface area contributed by atoms with Crippen molar-refractivity contribution in [1.29, 1.82) is 0 Å². The maximum absolute atomic E-state index is 11.8. The molecule has 2 heterocycles. The number of hydrogen-bond donors (Lipinski definition) is 3. The summed E-state index contributed by atoms with van der Waals surface area (Å²) in [6, 6.07) is 8.36. The zero-order valence-electron chi connectivity index (χ0n) is 12.8. The first-order chi connectivity index (χ1) is 10.7. The number of aromatic nitrogens is 1. The fraction of sp³-hybridized carbons (Fsp3) is 0.500. The highest BCUT2D eigenvalue weighted by Crippen LogP contribution is 2.40. The molecule has 1 aromatic carbocycles. The van der Waals surface area contributed by atoms with E-state index >= 15 is 0 Å². The Balaban J connectivity index is 1.80. The molecular formula is C18H23N3O. The summed E-state index contributed by atoms with van der Waals surface area (Å²) in [5.41, 5.74) is 9.35. The van der Waals surface area contributed by atoms with Crippen molar-refractivity contribution in [2.75, 3.05) is 0 Å². The molecule has 4 nitrogen and oxygen atoms in total. The van der Waals surface area contributed by atoms with Crippen LogP contribution in [0.2, 0.25) is 0 Å². The van der Waals surface area contributed by atoms with Gasteiger partial charge < -0.3 is 10.7 Å². The average molecular weight is 297 g/mol. The molecule has 2 aromatic rings. The number of hydrogen-bond acceptors (Lipinski definition) is 2. The Hall–Kier alpha value is -1.81. The second-order valence-corrected chi connectivity index (χ2v) is 6.76. The molecule has 2 atom stereocenters. The Morgan fingerprint density at radius 1 is 1.14 bits per heavy atom. The third-order valence-electron chi connectivity index (χ3n) is 5.41. The van der Waals surface area contributed by atoms with Crippen LogP contribution in [0.25, 0.3) is 10.9 Å². The second-order valence-electron chi connectivity index (χ2n) is 6.76. The Bertz CT molecular complexity index is 699. The van der Waals surface area contributed by atoms with Crippen LogP contribution in [0.1, 0.15) is 49.4 Å². The van der Waals surface area contributed by atoms with Crippen LogP contribution in [0.5, 0.6) is 0 Å². The molecule has 1 aliphatic heterocycles. The summed E-state index contributed by atoms with van der Waals surface area (Å²) in [5, 5.41) is 4.78. The molecule has 4 heteroatoms. The molecule has 1 aromatic heterocycles. The summed E-state index contributed by atoms with van der Waals surface area (Å²) < 4.78 is 0. The van der Waals surface area contributed by atoms with E-state index in [1.807, 2.05) is 0 Å². The van der Waals surface area contributed by atoms with E-state index in [0.29, 0.717) is 12.3 Å². The van der Waals surface area contributed by atoms with Crippen LogP contribution in [-0.4, -0.2) is 16.9 Å². The summed E-state index contributed by atoms with van der Waals surface area (Å²) >= 11 is 0. The lowest BCUT2D eigenvalue weighted by atomic mass is 9.79. The Morgan fingerprint density at radius 3 is 2.68 bits per heavy atom. The average Bonchev–Trinajstić information content (AvgIpc) is 2.93. The number of rotatable bonds is 2. The summed E-state index contributed by atoms with van der Waals surface area (Å²) in [4.78, 5) is 15.4. The zero-order chi connectivity index (χ0) is 15.1. The van der Waals surface area contributed by atoms with Gasteiger partial charge in [-0.3, -0.25) is 10.1 Å². The van der Waals surface area contributed by atoms with Crippen molar-refractivity contribution < 1.29 is 4.79 Å². The van der Waals surface area contributed by atoms with Crippen molar-refractivity contribution in [2.24, 2.45) is 11.7 Å². The number of amides is 1. The normalized spacial score (nSPS) is 26.0. The lowest BCUT2D eigenvalue weighted by molar-refractivity contribution is -0.120. The number of primary amides is 1. The van der Waals surface area contributed by atoms with E-state index < -0.39 is 0 Å². The van der Waals surface area contributed by atoms with Gasteiger partial charge in [-0.15, -0.1) is 0 Å². The number of aromatic amines is 1. The number of nitrogens with one attached hydrogen (secondary N) is 2. The van der Waals surface area contributed by atoms with Gasteiger partial charge in [-0.1, -0.05) is 37.5 Å². The summed E-state index contributed by atoms with van der Waals surface area (Å²) in [5.74, 6) is 0.361. The summed E-state index contributed by atoms with van der Waals surface area (Å²) in [7, 11) is 0. The molecule has 1 amide bonds. The van der Waals surface area contributed by atoms with Crippen molar-refractivity contribution in [3.05, 3.63) is 35.5 Å². The molecule has 116 valence electrons. The van der Waals surface area contributed by atoms with Gasteiger partial charge in [-0.25, -0.2) is 0 Å². The van der Waals surface area contributed by atoms with Gasteiger partial charge in [0.15, 0.2) is 0 Å². The smallest absolute Gasteiger partial charge is 0.234 e. The number of carbonyl (C=O) groups excluding carboxylic acids is 1. The first-order valence-corrected chi connectivity index (χ1v) is 8.39. The molecule has 0 saturated heterocycles. The quantitative estimate of drug-likeness (QED) is 0.797. The number of fused-ring (bicyclic) bond motifs is 3. The third kappa shape index (κ3) is 2.22. The minimum absolute atomic E-state index is 0.231. The largest absolute Gasteiger partial charge is 0.368 e. The van der Waals surface area contributed by atoms with Crippen LogP contribution in [0.3, 0.4) is 0 Å². The fourth-order valence-corrected chi connectivity index (χ4v) is 4.29. The molecule has 4 N–H and O–H groups in total. The Labute approximate surface area is 130 Å². The molecule has 22 heavy (non-hydrogen) atoms. The van der Waals surface area contributed by atoms with Crippen molar-refractivity contribution in [3.63, 3.8) is 0 Å². The zero-order valence-corrected chi connectivity index (χ0v) is 12.8. The molecule has 1 saturated carbocycles. The minimum atomic E-state index is -0.251. The molecule has 2 aliphatic rings. The monoisotopic (exact) mass is 297 g/mol. The summed E-state index contributed by atoms with van der Waals surface area (Å²) in [6.45, 7) is 0. The number of H-pyrrole nitrogens is 1. The molecule has 4 rings (SSSR count). The van der Waals surface area contributed by atoms with Crippen LogP contribution in [0, 0.1) is 5.92 Å². The highest BCUT2D eigenvalue weighted by atomic mass is 16.1. The van der Waals surface area contributed by atoms with Gasteiger partial charge in [-0.05, 0) is 36.8 Å². The van der Waals surface area contributed by atoms with Gasteiger partial charge in [-0.2, -0.15) is 0 Å². The predicted octanol–water partition coefficient (Wildman–Crippen LogP) is 2.79. The van der Waals surface area contributed by atoms with Crippen molar-refractivity contribution >= 4 is 16.8 Å². The maximum atomic E-state index is 11.8. The SMILES string of the molecule is NC(=O)[C@H]1Cc2c([nH]c3ccccc23)[C@H](C2CCCCC2)N1. The van der Waals surface area contributed by atoms with E-state index in [0.717, 1.165) is 0 Å². The van der Waals surface area contributed by atoms with Crippen LogP contribution >= 0.6 is 0 Å². The van der Waals surface area contributed by atoms with Crippen LogP contribution in [0.15, 0.2) is 24.3 Å². The van der Waals surface area contributed by atoms with E-state index in [1.165, 1.54) is 54.3 Å². The topological polar surface area (TPSA) is 70.9 Å². The molecule has 1 aliphatic carbocycles. The molecule has 0 bridgehead atoms. The highest BCUT2D eigenvalue weighted by Gasteiger charge is 2.36. The van der Waals surface area contributed by atoms with Gasteiger partial charge in [0.1, 0.15) is 0 Å². The maximum Gasteiger partial charge on any atom is 0.234 e. The standard InChI is InChI=1S/C18H23N3O/c19-18(22)15-10-13-12-8-4-5-9-14(12)20-17(13)16(21-15)11-6-2-1-3-7-11/h4-5,8-9,11,15-16,20-21H,1-3,6-7,10H2,(H2,19,22)/t15-,16+/m1/s1. The lowest BCUT2D eigenvalue weighted by Crippen LogP contribution is -2.49. The van der Waals surface area contributed by atoms with E-state index in [4.69, 9.17) is 5.73 Å². The Kier molecular flexibility index (Phi) is 3.41. The van der Waals surface area contributed by atoms with E-state index in [-0.39, 0.29) is 18.0 Å². The molecule has 0 unspecified atom stereocenters. The Morgan fingerprint density at radius 2 is 1.91 bits per heavy atom. The number of para-hydroxylation sites is 1. The van der Waals surface area contributed by atoms with Gasteiger partial charge in [0.05, 0.1) is 12.1 Å². The molecule has 0 radical (unpaired) electrons. The van der Waals surface area contributed by atoms with E-state index in [1.54, 1.807) is 0 Å². The first kappa shape index (κ1) is 13.8. The molecule has 0 spiro atoms. The van der Waals surface area contributed by atoms with Crippen LogP contribution in [-0.2, 0) is 11.2 Å². The van der Waals surface area contributed by atoms with Crippen molar-refractivity contribution in [3.8, 4) is 0 Å². The van der Waals surface area contributed by atoms with Crippen molar-refractivity contribution in [2.45, 2.75) is 50.6 Å². The number of carbonyl (C=O) groups is 1. The van der Waals surface area contributed by atoms with Crippen LogP contribution in [0.4, 0.5) is 0 Å². The highest BCUT2D eigenvalue weighted by molar-refractivity contribution is 5.87. The van der Waals surface area contributed by atoms with Gasteiger partial charge in [0.2, 0.25) is 5.91 Å². The fourth-order valence-electron chi connectivity index (χ4n) is 4.29. The van der Waals surface area contributed by atoms with Crippen molar-refractivity contribution in [1.82, 2.24) is 10.3 Å². The number of nitrogens with two attached hydrogens (primary N) is 1. The molecular weight excluding hydrogens is 274 g/mol. The van der Waals surface area contributed by atoms with Gasteiger partial charge in [0, 0.05) is 16.6 Å². The molecule has 1 fully saturated rings. The van der Waals surface area contributed by atoms with Gasteiger partial charge in [0.25, 0.3) is 0 Å². The van der Waals surface area contributed by atoms with Crippen LogP contribution < -0.4 is 11.1 Å². The predicted molar refractivity (Wildman–Crippen MR) is 87.4 cm³/mol. The van der Waals surface area contributed by atoms with E-state index in [2.05, 4.69) is 34.6 Å². The minimum Gasteiger partial charge on any atom is -0.368 e.